The van der Waals surface area contributed by atoms with E-state index < -0.39 is 0 Å². The standard InChI is InChI=1S/C19H33N3O3.HI/c1-7-9-14-22(3)19(20-8-2)21-13-12-15-10-11-16(23-4)18(25-6)17(15)24-5;/h10-11H,7-9,12-14H2,1-6H3,(H,20,21);1H. The Balaban J connectivity index is 0.00000625. The number of rotatable bonds is 10. The largest absolute Gasteiger partial charge is 0.493 e. The van der Waals surface area contributed by atoms with E-state index in [1.165, 1.54) is 6.42 Å². The summed E-state index contributed by atoms with van der Waals surface area (Å²) in [6.07, 6.45) is 3.09. The van der Waals surface area contributed by atoms with Gasteiger partial charge in [-0.1, -0.05) is 19.4 Å². The number of halogens is 1. The maximum Gasteiger partial charge on any atom is 0.203 e. The predicted molar refractivity (Wildman–Crippen MR) is 119 cm³/mol. The molecule has 0 saturated heterocycles. The van der Waals surface area contributed by atoms with Gasteiger partial charge >= 0.3 is 0 Å². The summed E-state index contributed by atoms with van der Waals surface area (Å²) in [4.78, 5) is 6.92. The highest BCUT2D eigenvalue weighted by molar-refractivity contribution is 14.0. The molecule has 1 N–H and O–H groups in total. The Morgan fingerprint density at radius 1 is 1.08 bits per heavy atom. The fraction of sp³-hybridized carbons (Fsp3) is 0.632. The van der Waals surface area contributed by atoms with E-state index in [4.69, 9.17) is 19.2 Å². The van der Waals surface area contributed by atoms with Gasteiger partial charge in [0, 0.05) is 32.2 Å². The van der Waals surface area contributed by atoms with Crippen LogP contribution in [0.15, 0.2) is 17.1 Å². The van der Waals surface area contributed by atoms with Crippen molar-refractivity contribution in [3.63, 3.8) is 0 Å². The van der Waals surface area contributed by atoms with Crippen LogP contribution in [0, 0.1) is 0 Å². The van der Waals surface area contributed by atoms with Crippen molar-refractivity contribution in [1.29, 1.82) is 0 Å². The molecule has 0 heterocycles. The lowest BCUT2D eigenvalue weighted by Crippen LogP contribution is -2.39. The normalized spacial score (nSPS) is 10.8. The highest BCUT2D eigenvalue weighted by Gasteiger charge is 2.15. The van der Waals surface area contributed by atoms with Gasteiger partial charge in [0.1, 0.15) is 0 Å². The molecule has 0 aliphatic rings. The summed E-state index contributed by atoms with van der Waals surface area (Å²) in [5.74, 6) is 2.94. The van der Waals surface area contributed by atoms with Crippen LogP contribution in [0.4, 0.5) is 0 Å². The summed E-state index contributed by atoms with van der Waals surface area (Å²) in [5.41, 5.74) is 1.05. The zero-order valence-corrected chi connectivity index (χ0v) is 19.3. The minimum absolute atomic E-state index is 0. The van der Waals surface area contributed by atoms with Gasteiger partial charge in [-0.3, -0.25) is 4.99 Å². The first kappa shape index (κ1) is 24.6. The maximum absolute atomic E-state index is 5.54. The number of ether oxygens (including phenoxy) is 3. The second-order valence-corrected chi connectivity index (χ2v) is 5.75. The topological polar surface area (TPSA) is 55.3 Å². The predicted octanol–water partition coefficient (Wildman–Crippen LogP) is 3.57. The molecule has 1 aromatic rings. The highest BCUT2D eigenvalue weighted by atomic mass is 127. The lowest BCUT2D eigenvalue weighted by molar-refractivity contribution is 0.322. The Hall–Kier alpha value is -1.38. The molecule has 0 spiro atoms. The molecule has 6 nitrogen and oxygen atoms in total. The number of nitrogens with one attached hydrogen (secondary N) is 1. The Bertz CT molecular complexity index is 553. The molecular weight excluding hydrogens is 445 g/mol. The van der Waals surface area contributed by atoms with Crippen molar-refractivity contribution in [2.75, 3.05) is 48.0 Å². The zero-order valence-electron chi connectivity index (χ0n) is 16.9. The van der Waals surface area contributed by atoms with Crippen LogP contribution < -0.4 is 19.5 Å². The molecule has 0 atom stereocenters. The van der Waals surface area contributed by atoms with E-state index >= 15 is 0 Å². The smallest absolute Gasteiger partial charge is 0.203 e. The lowest BCUT2D eigenvalue weighted by atomic mass is 10.1. The Labute approximate surface area is 175 Å². The number of unbranched alkanes of at least 4 members (excludes halogenated alkanes) is 1. The number of benzene rings is 1. The zero-order chi connectivity index (χ0) is 18.7. The van der Waals surface area contributed by atoms with E-state index in [0.717, 1.165) is 37.5 Å². The van der Waals surface area contributed by atoms with Crippen LogP contribution in [0.5, 0.6) is 17.2 Å². The number of aliphatic imine (C=N–C) groups is 1. The molecule has 0 fully saturated rings. The first-order valence-electron chi connectivity index (χ1n) is 8.90. The summed E-state index contributed by atoms with van der Waals surface area (Å²) < 4.78 is 16.3. The Morgan fingerprint density at radius 2 is 1.77 bits per heavy atom. The minimum Gasteiger partial charge on any atom is -0.493 e. The molecule has 26 heavy (non-hydrogen) atoms. The van der Waals surface area contributed by atoms with Crippen molar-refractivity contribution in [2.24, 2.45) is 4.99 Å². The molecule has 0 aromatic heterocycles. The molecule has 0 radical (unpaired) electrons. The molecule has 0 bridgehead atoms. The van der Waals surface area contributed by atoms with Crippen LogP contribution in [0.1, 0.15) is 32.3 Å². The van der Waals surface area contributed by atoms with Crippen molar-refractivity contribution in [3.05, 3.63) is 17.7 Å². The third-order valence-electron chi connectivity index (χ3n) is 3.97. The lowest BCUT2D eigenvalue weighted by Gasteiger charge is -2.22. The first-order chi connectivity index (χ1) is 12.1. The third kappa shape index (κ3) is 7.09. The van der Waals surface area contributed by atoms with Crippen molar-refractivity contribution in [2.45, 2.75) is 33.1 Å². The molecule has 0 unspecified atom stereocenters. The summed E-state index contributed by atoms with van der Waals surface area (Å²) in [7, 11) is 6.96. The van der Waals surface area contributed by atoms with Gasteiger partial charge in [-0.2, -0.15) is 0 Å². The summed E-state index contributed by atoms with van der Waals surface area (Å²) in [6, 6.07) is 3.91. The van der Waals surface area contributed by atoms with Crippen LogP contribution in [-0.4, -0.2) is 58.9 Å². The van der Waals surface area contributed by atoms with Gasteiger partial charge in [0.25, 0.3) is 0 Å². The fourth-order valence-electron chi connectivity index (χ4n) is 2.61. The molecule has 0 saturated carbocycles. The van der Waals surface area contributed by atoms with E-state index in [0.29, 0.717) is 23.8 Å². The summed E-state index contributed by atoms with van der Waals surface area (Å²) in [6.45, 7) is 6.81. The van der Waals surface area contributed by atoms with Crippen molar-refractivity contribution in [1.82, 2.24) is 10.2 Å². The first-order valence-corrected chi connectivity index (χ1v) is 8.90. The second kappa shape index (κ2) is 13.8. The number of hydrogen-bond acceptors (Lipinski definition) is 4. The van der Waals surface area contributed by atoms with Crippen LogP contribution in [0.25, 0.3) is 0 Å². The minimum atomic E-state index is 0. The van der Waals surface area contributed by atoms with Crippen LogP contribution >= 0.6 is 24.0 Å². The SMILES string of the molecule is CCCCN(C)C(=NCCc1ccc(OC)c(OC)c1OC)NCC.I. The highest BCUT2D eigenvalue weighted by Crippen LogP contribution is 2.39. The van der Waals surface area contributed by atoms with Gasteiger partial charge in [-0.15, -0.1) is 24.0 Å². The van der Waals surface area contributed by atoms with E-state index in [9.17, 15) is 0 Å². The van der Waals surface area contributed by atoms with Gasteiger partial charge in [0.2, 0.25) is 5.75 Å². The van der Waals surface area contributed by atoms with E-state index in [1.807, 2.05) is 12.1 Å². The van der Waals surface area contributed by atoms with Crippen molar-refractivity contribution < 1.29 is 14.2 Å². The van der Waals surface area contributed by atoms with Crippen molar-refractivity contribution >= 4 is 29.9 Å². The third-order valence-corrected chi connectivity index (χ3v) is 3.97. The van der Waals surface area contributed by atoms with Gasteiger partial charge in [-0.25, -0.2) is 0 Å². The van der Waals surface area contributed by atoms with Crippen LogP contribution in [-0.2, 0) is 6.42 Å². The Kier molecular flexibility index (Phi) is 13.0. The Morgan fingerprint density at radius 3 is 2.31 bits per heavy atom. The summed E-state index contributed by atoms with van der Waals surface area (Å²) >= 11 is 0. The molecule has 7 heteroatoms. The van der Waals surface area contributed by atoms with Gasteiger partial charge in [-0.05, 0) is 25.8 Å². The molecule has 1 aromatic carbocycles. The molecular formula is C19H34IN3O3. The molecule has 0 aliphatic heterocycles. The average Bonchev–Trinajstić information content (AvgIpc) is 2.64. The maximum atomic E-state index is 5.54. The second-order valence-electron chi connectivity index (χ2n) is 5.75. The fourth-order valence-corrected chi connectivity index (χ4v) is 2.61. The number of guanidine groups is 1. The number of methoxy groups -OCH3 is 3. The quantitative estimate of drug-likeness (QED) is 0.316. The molecule has 1 rings (SSSR count). The number of nitrogens with zero attached hydrogens (tertiary/aromatic N) is 2. The van der Waals surface area contributed by atoms with E-state index in [2.05, 4.69) is 31.1 Å². The monoisotopic (exact) mass is 479 g/mol. The van der Waals surface area contributed by atoms with Gasteiger partial charge in [0.05, 0.1) is 21.3 Å². The van der Waals surface area contributed by atoms with E-state index in [1.54, 1.807) is 21.3 Å². The van der Waals surface area contributed by atoms with Crippen LogP contribution in [0.2, 0.25) is 0 Å². The summed E-state index contributed by atoms with van der Waals surface area (Å²) in [5, 5.41) is 3.35. The molecule has 150 valence electrons. The van der Waals surface area contributed by atoms with E-state index in [-0.39, 0.29) is 24.0 Å². The molecule has 0 amide bonds. The van der Waals surface area contributed by atoms with Gasteiger partial charge < -0.3 is 24.4 Å². The van der Waals surface area contributed by atoms with Crippen LogP contribution in [0.3, 0.4) is 0 Å². The van der Waals surface area contributed by atoms with Gasteiger partial charge in [0.15, 0.2) is 17.5 Å². The molecule has 0 aliphatic carbocycles. The average molecular weight is 479 g/mol. The number of hydrogen-bond donors (Lipinski definition) is 1. The van der Waals surface area contributed by atoms with Crippen molar-refractivity contribution in [3.8, 4) is 17.2 Å².